The zero-order chi connectivity index (χ0) is 16.5. The molecule has 2 amide bonds. The molecule has 3 heterocycles. The lowest BCUT2D eigenvalue weighted by atomic mass is 10.2. The maximum atomic E-state index is 12.5. The van der Waals surface area contributed by atoms with Crippen molar-refractivity contribution in [1.29, 1.82) is 0 Å². The molecule has 0 saturated carbocycles. The molecule has 0 atom stereocenters. The van der Waals surface area contributed by atoms with Gasteiger partial charge in [0.2, 0.25) is 0 Å². The van der Waals surface area contributed by atoms with E-state index in [0.29, 0.717) is 24.6 Å². The molecule has 7 nitrogen and oxygen atoms in total. The van der Waals surface area contributed by atoms with Crippen molar-refractivity contribution in [3.8, 4) is 5.69 Å². The standard InChI is InChI=1S/C17H16N6O/c18-15-11-23(14-4-2-1-3-5-14)21-16(15)20-17(24)22-9-12-6-7-19-8-13(12)10-22/h1-8,11H,9-10,18H2,(H,20,21,24). The summed E-state index contributed by atoms with van der Waals surface area (Å²) in [6, 6.07) is 11.3. The van der Waals surface area contributed by atoms with Gasteiger partial charge in [-0.15, -0.1) is 5.10 Å². The molecule has 0 aliphatic carbocycles. The minimum Gasteiger partial charge on any atom is -0.394 e. The molecule has 3 aromatic rings. The van der Waals surface area contributed by atoms with Gasteiger partial charge in [0.15, 0.2) is 5.82 Å². The largest absolute Gasteiger partial charge is 0.394 e. The van der Waals surface area contributed by atoms with E-state index in [0.717, 1.165) is 16.8 Å². The van der Waals surface area contributed by atoms with Crippen LogP contribution in [0.3, 0.4) is 0 Å². The monoisotopic (exact) mass is 320 g/mol. The Balaban J connectivity index is 1.50. The van der Waals surface area contributed by atoms with E-state index in [9.17, 15) is 4.79 Å². The molecule has 0 unspecified atom stereocenters. The van der Waals surface area contributed by atoms with E-state index in [1.807, 2.05) is 36.4 Å². The SMILES string of the molecule is Nc1cn(-c2ccccc2)nc1NC(=O)N1Cc2ccncc2C1. The van der Waals surface area contributed by atoms with Gasteiger partial charge >= 0.3 is 6.03 Å². The van der Waals surface area contributed by atoms with E-state index in [-0.39, 0.29) is 6.03 Å². The number of urea groups is 1. The molecule has 24 heavy (non-hydrogen) atoms. The number of nitrogen functional groups attached to an aromatic ring is 1. The van der Waals surface area contributed by atoms with E-state index < -0.39 is 0 Å². The molecular formula is C17H16N6O. The van der Waals surface area contributed by atoms with Gasteiger partial charge in [0.05, 0.1) is 17.6 Å². The number of fused-ring (bicyclic) bond motifs is 1. The van der Waals surface area contributed by atoms with E-state index in [1.54, 1.807) is 28.2 Å². The van der Waals surface area contributed by atoms with E-state index >= 15 is 0 Å². The number of hydrogen-bond donors (Lipinski definition) is 2. The van der Waals surface area contributed by atoms with Crippen LogP contribution in [0.5, 0.6) is 0 Å². The summed E-state index contributed by atoms with van der Waals surface area (Å²) in [5, 5.41) is 7.15. The molecule has 3 N–H and O–H groups in total. The average molecular weight is 320 g/mol. The van der Waals surface area contributed by atoms with Gasteiger partial charge in [-0.05, 0) is 29.3 Å². The number of nitrogens with zero attached hydrogens (tertiary/aromatic N) is 4. The normalized spacial score (nSPS) is 12.9. The zero-order valence-corrected chi connectivity index (χ0v) is 12.9. The number of carbonyl (C=O) groups is 1. The minimum absolute atomic E-state index is 0.226. The van der Waals surface area contributed by atoms with Gasteiger partial charge in [0.25, 0.3) is 0 Å². The third-order valence-electron chi connectivity index (χ3n) is 4.00. The maximum Gasteiger partial charge on any atom is 0.323 e. The maximum absolute atomic E-state index is 12.5. The fourth-order valence-electron chi connectivity index (χ4n) is 2.74. The minimum atomic E-state index is -0.226. The first kappa shape index (κ1) is 14.3. The Morgan fingerprint density at radius 3 is 2.71 bits per heavy atom. The second kappa shape index (κ2) is 5.69. The molecule has 1 aromatic carbocycles. The van der Waals surface area contributed by atoms with Crippen molar-refractivity contribution in [2.45, 2.75) is 13.1 Å². The van der Waals surface area contributed by atoms with Crippen molar-refractivity contribution in [3.05, 3.63) is 66.1 Å². The summed E-state index contributed by atoms with van der Waals surface area (Å²) in [6.07, 6.45) is 5.22. The van der Waals surface area contributed by atoms with Crippen molar-refractivity contribution in [1.82, 2.24) is 19.7 Å². The summed E-state index contributed by atoms with van der Waals surface area (Å²) < 4.78 is 1.65. The molecule has 0 fully saturated rings. The lowest BCUT2D eigenvalue weighted by molar-refractivity contribution is 0.212. The van der Waals surface area contributed by atoms with Gasteiger partial charge in [0, 0.05) is 25.5 Å². The predicted octanol–water partition coefficient (Wildman–Crippen LogP) is 2.40. The average Bonchev–Trinajstić information content (AvgIpc) is 3.20. The number of aromatic nitrogens is 3. The van der Waals surface area contributed by atoms with Crippen LogP contribution < -0.4 is 11.1 Å². The first-order chi connectivity index (χ1) is 11.7. The number of rotatable bonds is 2. The molecule has 4 rings (SSSR count). The van der Waals surface area contributed by atoms with Gasteiger partial charge in [-0.3, -0.25) is 10.3 Å². The van der Waals surface area contributed by atoms with Crippen LogP contribution in [0.15, 0.2) is 55.0 Å². The fraction of sp³-hybridized carbons (Fsp3) is 0.118. The summed E-state index contributed by atoms with van der Waals surface area (Å²) in [5.41, 5.74) is 9.46. The van der Waals surface area contributed by atoms with Crippen molar-refractivity contribution in [2.75, 3.05) is 11.1 Å². The fourth-order valence-corrected chi connectivity index (χ4v) is 2.74. The molecule has 0 radical (unpaired) electrons. The second-order valence-corrected chi connectivity index (χ2v) is 5.64. The third-order valence-corrected chi connectivity index (χ3v) is 4.00. The van der Waals surface area contributed by atoms with Crippen LogP contribution in [-0.2, 0) is 13.1 Å². The van der Waals surface area contributed by atoms with Gasteiger partial charge in [-0.2, -0.15) is 0 Å². The first-order valence-corrected chi connectivity index (χ1v) is 7.59. The quantitative estimate of drug-likeness (QED) is 0.759. The van der Waals surface area contributed by atoms with E-state index in [4.69, 9.17) is 5.73 Å². The number of nitrogens with one attached hydrogen (secondary N) is 1. The van der Waals surface area contributed by atoms with E-state index in [1.165, 1.54) is 0 Å². The van der Waals surface area contributed by atoms with Crippen LogP contribution in [0.4, 0.5) is 16.3 Å². The molecule has 7 heteroatoms. The molecule has 0 bridgehead atoms. The molecular weight excluding hydrogens is 304 g/mol. The Labute approximate surface area is 138 Å². The summed E-state index contributed by atoms with van der Waals surface area (Å²) in [6.45, 7) is 1.09. The Morgan fingerprint density at radius 1 is 1.12 bits per heavy atom. The predicted molar refractivity (Wildman–Crippen MR) is 90.5 cm³/mol. The second-order valence-electron chi connectivity index (χ2n) is 5.64. The summed E-state index contributed by atoms with van der Waals surface area (Å²) >= 11 is 0. The highest BCUT2D eigenvalue weighted by molar-refractivity contribution is 5.91. The summed E-state index contributed by atoms with van der Waals surface area (Å²) in [7, 11) is 0. The molecule has 1 aliphatic rings. The van der Waals surface area contributed by atoms with Crippen molar-refractivity contribution < 1.29 is 4.79 Å². The molecule has 1 aliphatic heterocycles. The lowest BCUT2D eigenvalue weighted by Gasteiger charge is -2.15. The zero-order valence-electron chi connectivity index (χ0n) is 12.9. The van der Waals surface area contributed by atoms with Gasteiger partial charge in [-0.1, -0.05) is 18.2 Å². The van der Waals surface area contributed by atoms with Crippen LogP contribution in [0.25, 0.3) is 5.69 Å². The van der Waals surface area contributed by atoms with Crippen molar-refractivity contribution in [3.63, 3.8) is 0 Å². The number of carbonyl (C=O) groups excluding carboxylic acids is 1. The third kappa shape index (κ3) is 2.56. The van der Waals surface area contributed by atoms with Crippen LogP contribution >= 0.6 is 0 Å². The first-order valence-electron chi connectivity index (χ1n) is 7.59. The number of hydrogen-bond acceptors (Lipinski definition) is 4. The van der Waals surface area contributed by atoms with Crippen LogP contribution in [0, 0.1) is 0 Å². The number of para-hydroxylation sites is 1. The summed E-state index contributed by atoms with van der Waals surface area (Å²) in [5.74, 6) is 0.359. The van der Waals surface area contributed by atoms with E-state index in [2.05, 4.69) is 15.4 Å². The molecule has 120 valence electrons. The lowest BCUT2D eigenvalue weighted by Crippen LogP contribution is -2.30. The number of benzene rings is 1. The Morgan fingerprint density at radius 2 is 1.92 bits per heavy atom. The van der Waals surface area contributed by atoms with Crippen LogP contribution in [0.1, 0.15) is 11.1 Å². The number of anilines is 2. The molecule has 0 spiro atoms. The van der Waals surface area contributed by atoms with Crippen molar-refractivity contribution >= 4 is 17.5 Å². The topological polar surface area (TPSA) is 89.1 Å². The van der Waals surface area contributed by atoms with Gasteiger partial charge < -0.3 is 10.6 Å². The Bertz CT molecular complexity index is 864. The van der Waals surface area contributed by atoms with Gasteiger partial charge in [0.1, 0.15) is 0 Å². The molecule has 0 saturated heterocycles. The van der Waals surface area contributed by atoms with Crippen LogP contribution in [0.2, 0.25) is 0 Å². The number of amides is 2. The number of pyridine rings is 1. The molecule has 2 aromatic heterocycles. The smallest absolute Gasteiger partial charge is 0.323 e. The van der Waals surface area contributed by atoms with Crippen LogP contribution in [-0.4, -0.2) is 25.7 Å². The highest BCUT2D eigenvalue weighted by Gasteiger charge is 2.24. The highest BCUT2D eigenvalue weighted by atomic mass is 16.2. The summed E-state index contributed by atoms with van der Waals surface area (Å²) in [4.78, 5) is 18.3. The number of nitrogens with two attached hydrogens (primary N) is 1. The Hall–Kier alpha value is -3.35. The Kier molecular flexibility index (Phi) is 3.38. The highest BCUT2D eigenvalue weighted by Crippen LogP contribution is 2.24. The van der Waals surface area contributed by atoms with Gasteiger partial charge in [-0.25, -0.2) is 9.48 Å². The van der Waals surface area contributed by atoms with Crippen molar-refractivity contribution in [2.24, 2.45) is 0 Å².